The van der Waals surface area contributed by atoms with E-state index in [1.165, 1.54) is 4.90 Å². The first-order valence-corrected chi connectivity index (χ1v) is 6.34. The van der Waals surface area contributed by atoms with Crippen molar-refractivity contribution in [3.8, 4) is 0 Å². The number of carbonyl (C=O) groups excluding carboxylic acids is 2. The van der Waals surface area contributed by atoms with Crippen LogP contribution in [-0.4, -0.2) is 37.4 Å². The minimum atomic E-state index is -0.165. The number of halogens is 1. The first kappa shape index (κ1) is 15.5. The van der Waals surface area contributed by atoms with Gasteiger partial charge < -0.3 is 16.0 Å². The second-order valence-corrected chi connectivity index (χ2v) is 4.74. The van der Waals surface area contributed by atoms with Gasteiger partial charge in [0.25, 0.3) is 5.91 Å². The molecule has 1 aromatic carbocycles. The number of nitrogens with one attached hydrogen (secondary N) is 1. The van der Waals surface area contributed by atoms with Gasteiger partial charge in [0.15, 0.2) is 0 Å². The van der Waals surface area contributed by atoms with Crippen molar-refractivity contribution >= 4 is 29.1 Å². The van der Waals surface area contributed by atoms with E-state index in [9.17, 15) is 9.59 Å². The Bertz CT molecular complexity index is 475. The SMILES string of the molecule is CN(C)C(=O)c1ccc(Cl)c(NC(=O)CCCN)c1. The van der Waals surface area contributed by atoms with Crippen LogP contribution < -0.4 is 11.1 Å². The van der Waals surface area contributed by atoms with Gasteiger partial charge in [-0.3, -0.25) is 9.59 Å². The van der Waals surface area contributed by atoms with Gasteiger partial charge in [-0.25, -0.2) is 0 Å². The second kappa shape index (κ2) is 7.11. The van der Waals surface area contributed by atoms with Crippen LogP contribution in [0.25, 0.3) is 0 Å². The van der Waals surface area contributed by atoms with Crippen molar-refractivity contribution in [2.45, 2.75) is 12.8 Å². The van der Waals surface area contributed by atoms with E-state index in [-0.39, 0.29) is 11.8 Å². The van der Waals surface area contributed by atoms with Crippen LogP contribution in [0, 0.1) is 0 Å². The summed E-state index contributed by atoms with van der Waals surface area (Å²) in [5.41, 5.74) is 6.26. The van der Waals surface area contributed by atoms with E-state index in [1.54, 1.807) is 32.3 Å². The fourth-order valence-electron chi connectivity index (χ4n) is 1.49. The van der Waals surface area contributed by atoms with Crippen LogP contribution in [0.15, 0.2) is 18.2 Å². The van der Waals surface area contributed by atoms with Gasteiger partial charge in [0.05, 0.1) is 10.7 Å². The van der Waals surface area contributed by atoms with E-state index < -0.39 is 0 Å². The molecule has 2 amide bonds. The van der Waals surface area contributed by atoms with Crippen molar-refractivity contribution in [2.24, 2.45) is 5.73 Å². The summed E-state index contributed by atoms with van der Waals surface area (Å²) < 4.78 is 0. The molecule has 0 bridgehead atoms. The number of nitrogens with two attached hydrogens (primary N) is 1. The van der Waals surface area contributed by atoms with Gasteiger partial charge in [-0.05, 0) is 31.2 Å². The molecule has 1 aromatic rings. The zero-order valence-electron chi connectivity index (χ0n) is 11.1. The summed E-state index contributed by atoms with van der Waals surface area (Å²) in [6.45, 7) is 0.459. The van der Waals surface area contributed by atoms with Crippen molar-refractivity contribution in [1.29, 1.82) is 0 Å². The van der Waals surface area contributed by atoms with Crippen molar-refractivity contribution < 1.29 is 9.59 Å². The maximum Gasteiger partial charge on any atom is 0.253 e. The zero-order chi connectivity index (χ0) is 14.4. The van der Waals surface area contributed by atoms with Crippen LogP contribution in [0.3, 0.4) is 0 Å². The normalized spacial score (nSPS) is 10.1. The predicted molar refractivity (Wildman–Crippen MR) is 76.4 cm³/mol. The number of rotatable bonds is 5. The molecule has 5 nitrogen and oxygen atoms in total. The molecule has 104 valence electrons. The Hall–Kier alpha value is -1.59. The van der Waals surface area contributed by atoms with Gasteiger partial charge in [-0.1, -0.05) is 11.6 Å². The van der Waals surface area contributed by atoms with Crippen LogP contribution in [0.2, 0.25) is 5.02 Å². The fraction of sp³-hybridized carbons (Fsp3) is 0.385. The van der Waals surface area contributed by atoms with Crippen LogP contribution in [0.4, 0.5) is 5.69 Å². The van der Waals surface area contributed by atoms with Crippen LogP contribution >= 0.6 is 11.6 Å². The highest BCUT2D eigenvalue weighted by Crippen LogP contribution is 2.23. The van der Waals surface area contributed by atoms with E-state index in [1.807, 2.05) is 0 Å². The first-order chi connectivity index (χ1) is 8.95. The molecule has 0 aliphatic rings. The molecular formula is C13H18ClN3O2. The van der Waals surface area contributed by atoms with Gasteiger partial charge in [0, 0.05) is 26.1 Å². The topological polar surface area (TPSA) is 75.4 Å². The third-order valence-corrected chi connectivity index (χ3v) is 2.83. The summed E-state index contributed by atoms with van der Waals surface area (Å²) in [5, 5.41) is 3.08. The molecule has 0 unspecified atom stereocenters. The van der Waals surface area contributed by atoms with Gasteiger partial charge in [0.2, 0.25) is 5.91 Å². The minimum absolute atomic E-state index is 0.144. The number of hydrogen-bond acceptors (Lipinski definition) is 3. The van der Waals surface area contributed by atoms with Crippen molar-refractivity contribution in [2.75, 3.05) is 26.0 Å². The molecule has 0 radical (unpaired) electrons. The molecule has 0 atom stereocenters. The molecule has 0 aromatic heterocycles. The lowest BCUT2D eigenvalue weighted by Crippen LogP contribution is -2.22. The molecule has 0 heterocycles. The third kappa shape index (κ3) is 4.54. The van der Waals surface area contributed by atoms with Crippen molar-refractivity contribution in [3.63, 3.8) is 0 Å². The molecule has 0 aliphatic heterocycles. The van der Waals surface area contributed by atoms with E-state index in [4.69, 9.17) is 17.3 Å². The second-order valence-electron chi connectivity index (χ2n) is 4.33. The van der Waals surface area contributed by atoms with E-state index in [2.05, 4.69) is 5.32 Å². The molecule has 0 saturated heterocycles. The average molecular weight is 284 g/mol. The van der Waals surface area contributed by atoms with Crippen LogP contribution in [0.1, 0.15) is 23.2 Å². The Labute approximate surface area is 117 Å². The Morgan fingerprint density at radius 3 is 2.63 bits per heavy atom. The molecule has 6 heteroatoms. The summed E-state index contributed by atoms with van der Waals surface area (Å²) in [7, 11) is 3.33. The number of nitrogens with zero attached hydrogens (tertiary/aromatic N) is 1. The van der Waals surface area contributed by atoms with Crippen molar-refractivity contribution in [1.82, 2.24) is 4.90 Å². The monoisotopic (exact) mass is 283 g/mol. The Morgan fingerprint density at radius 1 is 1.37 bits per heavy atom. The maximum absolute atomic E-state index is 11.8. The predicted octanol–water partition coefficient (Wildman–Crippen LogP) is 1.72. The van der Waals surface area contributed by atoms with E-state index in [0.717, 1.165) is 0 Å². The smallest absolute Gasteiger partial charge is 0.253 e. The third-order valence-electron chi connectivity index (χ3n) is 2.50. The van der Waals surface area contributed by atoms with Crippen molar-refractivity contribution in [3.05, 3.63) is 28.8 Å². The van der Waals surface area contributed by atoms with Gasteiger partial charge in [-0.15, -0.1) is 0 Å². The molecule has 19 heavy (non-hydrogen) atoms. The number of hydrogen-bond donors (Lipinski definition) is 2. The number of benzene rings is 1. The standard InChI is InChI=1S/C13H18ClN3O2/c1-17(2)13(19)9-5-6-10(14)11(8-9)16-12(18)4-3-7-15/h5-6,8H,3-4,7,15H2,1-2H3,(H,16,18). The minimum Gasteiger partial charge on any atom is -0.345 e. The summed E-state index contributed by atoms with van der Waals surface area (Å²) in [4.78, 5) is 24.9. The lowest BCUT2D eigenvalue weighted by atomic mass is 10.1. The number of anilines is 1. The lowest BCUT2D eigenvalue weighted by molar-refractivity contribution is -0.116. The lowest BCUT2D eigenvalue weighted by Gasteiger charge is -2.12. The first-order valence-electron chi connectivity index (χ1n) is 5.97. The number of amides is 2. The zero-order valence-corrected chi connectivity index (χ0v) is 11.8. The molecule has 0 aliphatic carbocycles. The average Bonchev–Trinajstić information content (AvgIpc) is 2.38. The molecule has 1 rings (SSSR count). The van der Waals surface area contributed by atoms with Crippen LogP contribution in [0.5, 0.6) is 0 Å². The quantitative estimate of drug-likeness (QED) is 0.864. The summed E-state index contributed by atoms with van der Waals surface area (Å²) in [6.07, 6.45) is 0.943. The highest BCUT2D eigenvalue weighted by Gasteiger charge is 2.12. The van der Waals surface area contributed by atoms with E-state index in [0.29, 0.717) is 35.7 Å². The van der Waals surface area contributed by atoms with Gasteiger partial charge in [-0.2, -0.15) is 0 Å². The summed E-state index contributed by atoms with van der Waals surface area (Å²) in [6, 6.07) is 4.79. The highest BCUT2D eigenvalue weighted by atomic mass is 35.5. The summed E-state index contributed by atoms with van der Waals surface area (Å²) >= 11 is 5.99. The number of carbonyl (C=O) groups is 2. The Kier molecular flexibility index (Phi) is 5.79. The molecule has 0 fully saturated rings. The molecule has 3 N–H and O–H groups in total. The maximum atomic E-state index is 11.8. The Morgan fingerprint density at radius 2 is 2.05 bits per heavy atom. The fourth-order valence-corrected chi connectivity index (χ4v) is 1.65. The van der Waals surface area contributed by atoms with Gasteiger partial charge in [0.1, 0.15) is 0 Å². The van der Waals surface area contributed by atoms with Gasteiger partial charge >= 0.3 is 0 Å². The summed E-state index contributed by atoms with van der Waals surface area (Å²) in [5.74, 6) is -0.309. The largest absolute Gasteiger partial charge is 0.345 e. The van der Waals surface area contributed by atoms with E-state index >= 15 is 0 Å². The molecule has 0 spiro atoms. The van der Waals surface area contributed by atoms with Crippen LogP contribution in [-0.2, 0) is 4.79 Å². The Balaban J connectivity index is 2.86. The molecule has 0 saturated carbocycles. The highest BCUT2D eigenvalue weighted by molar-refractivity contribution is 6.33. The molecular weight excluding hydrogens is 266 g/mol.